The fourth-order valence-electron chi connectivity index (χ4n) is 2.01. The summed E-state index contributed by atoms with van der Waals surface area (Å²) in [6.07, 6.45) is 0. The number of nitrogens with two attached hydrogens (primary N) is 1. The van der Waals surface area contributed by atoms with Gasteiger partial charge in [0.1, 0.15) is 11.6 Å². The summed E-state index contributed by atoms with van der Waals surface area (Å²) in [4.78, 5) is 0. The van der Waals surface area contributed by atoms with E-state index in [1.807, 2.05) is 0 Å². The molecule has 0 fully saturated rings. The monoisotopic (exact) mass is 291 g/mol. The second-order valence-corrected chi connectivity index (χ2v) is 4.55. The van der Waals surface area contributed by atoms with Crippen LogP contribution >= 0.6 is 0 Å². The molecule has 0 amide bonds. The molecule has 110 valence electrons. The van der Waals surface area contributed by atoms with Gasteiger partial charge < -0.3 is 16.3 Å². The summed E-state index contributed by atoms with van der Waals surface area (Å²) in [6, 6.07) is 9.24. The number of para-hydroxylation sites is 1. The van der Waals surface area contributed by atoms with E-state index in [-0.39, 0.29) is 17.9 Å². The van der Waals surface area contributed by atoms with Gasteiger partial charge in [-0.25, -0.2) is 8.78 Å². The van der Waals surface area contributed by atoms with Crippen molar-refractivity contribution in [1.82, 2.24) is 0 Å². The molecule has 0 saturated carbocycles. The lowest BCUT2D eigenvalue weighted by atomic mass is 10.1. The molecule has 0 radical (unpaired) electrons. The van der Waals surface area contributed by atoms with Crippen LogP contribution in [0, 0.1) is 18.6 Å². The molecule has 0 aliphatic carbocycles. The minimum atomic E-state index is -0.603. The van der Waals surface area contributed by atoms with Crippen LogP contribution in [0.25, 0.3) is 0 Å². The molecule has 0 aliphatic rings. The number of halogens is 2. The van der Waals surface area contributed by atoms with Crippen molar-refractivity contribution in [3.05, 3.63) is 64.7 Å². The van der Waals surface area contributed by atoms with Crippen LogP contribution < -0.4 is 11.1 Å². The Morgan fingerprint density at radius 2 is 1.95 bits per heavy atom. The lowest BCUT2D eigenvalue weighted by molar-refractivity contribution is 0.318. The van der Waals surface area contributed by atoms with Gasteiger partial charge in [0.25, 0.3) is 0 Å². The maximum absolute atomic E-state index is 14.2. The molecule has 0 saturated heterocycles. The number of anilines is 1. The van der Waals surface area contributed by atoms with Crippen molar-refractivity contribution in [3.63, 3.8) is 0 Å². The lowest BCUT2D eigenvalue weighted by Crippen LogP contribution is -2.16. The van der Waals surface area contributed by atoms with E-state index < -0.39 is 11.6 Å². The molecule has 4 N–H and O–H groups in total. The first-order valence-electron chi connectivity index (χ1n) is 6.29. The maximum atomic E-state index is 14.2. The molecule has 2 aromatic rings. The Labute approximate surface area is 120 Å². The number of benzene rings is 2. The van der Waals surface area contributed by atoms with Gasteiger partial charge in [0.15, 0.2) is 5.84 Å². The van der Waals surface area contributed by atoms with Crippen molar-refractivity contribution in [2.75, 3.05) is 5.32 Å². The number of nitrogens with zero attached hydrogens (tertiary/aromatic N) is 1. The summed E-state index contributed by atoms with van der Waals surface area (Å²) in [5, 5.41) is 14.3. The van der Waals surface area contributed by atoms with Crippen LogP contribution in [0.4, 0.5) is 14.5 Å². The van der Waals surface area contributed by atoms with Gasteiger partial charge in [-0.15, -0.1) is 0 Å². The van der Waals surface area contributed by atoms with Gasteiger partial charge in [-0.2, -0.15) is 0 Å². The molecule has 0 aromatic heterocycles. The molecular formula is C15H15F2N3O. The zero-order valence-electron chi connectivity index (χ0n) is 11.4. The second-order valence-electron chi connectivity index (χ2n) is 4.55. The van der Waals surface area contributed by atoms with Crippen LogP contribution in [0.2, 0.25) is 0 Å². The first-order chi connectivity index (χ1) is 10.0. The van der Waals surface area contributed by atoms with Crippen LogP contribution in [0.15, 0.2) is 41.6 Å². The third kappa shape index (κ3) is 3.10. The third-order valence-corrected chi connectivity index (χ3v) is 3.14. The quantitative estimate of drug-likeness (QED) is 0.351. The topological polar surface area (TPSA) is 70.6 Å². The fraction of sp³-hybridized carbons (Fsp3) is 0.133. The van der Waals surface area contributed by atoms with Crippen molar-refractivity contribution < 1.29 is 14.0 Å². The number of oxime groups is 1. The third-order valence-electron chi connectivity index (χ3n) is 3.14. The number of nitrogens with one attached hydrogen (secondary N) is 1. The zero-order chi connectivity index (χ0) is 15.4. The Morgan fingerprint density at radius 3 is 2.62 bits per heavy atom. The molecule has 21 heavy (non-hydrogen) atoms. The maximum Gasteiger partial charge on any atom is 0.173 e. The summed E-state index contributed by atoms with van der Waals surface area (Å²) in [6.45, 7) is 1.84. The predicted octanol–water partition coefficient (Wildman–Crippen LogP) is 2.98. The molecule has 4 nitrogen and oxygen atoms in total. The summed E-state index contributed by atoms with van der Waals surface area (Å²) in [5.74, 6) is -1.31. The molecule has 2 aromatic carbocycles. The highest BCUT2D eigenvalue weighted by molar-refractivity contribution is 5.97. The number of hydrogen-bond donors (Lipinski definition) is 3. The van der Waals surface area contributed by atoms with Crippen LogP contribution in [-0.2, 0) is 6.54 Å². The van der Waals surface area contributed by atoms with Crippen molar-refractivity contribution in [2.45, 2.75) is 13.5 Å². The highest BCUT2D eigenvalue weighted by atomic mass is 19.1. The zero-order valence-corrected chi connectivity index (χ0v) is 11.4. The number of amidine groups is 1. The molecular weight excluding hydrogens is 276 g/mol. The van der Waals surface area contributed by atoms with Crippen molar-refractivity contribution >= 4 is 11.5 Å². The first kappa shape index (κ1) is 14.8. The highest BCUT2D eigenvalue weighted by Gasteiger charge is 2.12. The Hall–Kier alpha value is -2.63. The largest absolute Gasteiger partial charge is 0.409 e. The van der Waals surface area contributed by atoms with Gasteiger partial charge in [0.2, 0.25) is 0 Å². The summed E-state index contributed by atoms with van der Waals surface area (Å²) >= 11 is 0. The predicted molar refractivity (Wildman–Crippen MR) is 77.4 cm³/mol. The van der Waals surface area contributed by atoms with E-state index in [0.29, 0.717) is 11.3 Å². The fourth-order valence-corrected chi connectivity index (χ4v) is 2.01. The molecule has 0 unspecified atom stereocenters. The van der Waals surface area contributed by atoms with Gasteiger partial charge in [0, 0.05) is 12.1 Å². The average Bonchev–Trinajstić information content (AvgIpc) is 2.47. The van der Waals surface area contributed by atoms with Gasteiger partial charge in [-0.05, 0) is 24.6 Å². The summed E-state index contributed by atoms with van der Waals surface area (Å²) in [5.41, 5.74) is 6.74. The minimum absolute atomic E-state index is 0.00190. The Morgan fingerprint density at radius 1 is 1.24 bits per heavy atom. The van der Waals surface area contributed by atoms with E-state index in [1.165, 1.54) is 12.1 Å². The molecule has 0 heterocycles. The van der Waals surface area contributed by atoms with Crippen LogP contribution in [0.5, 0.6) is 0 Å². The molecule has 0 atom stereocenters. The molecule has 0 bridgehead atoms. The van der Waals surface area contributed by atoms with E-state index in [0.717, 1.165) is 5.56 Å². The van der Waals surface area contributed by atoms with E-state index in [1.54, 1.807) is 31.2 Å². The number of hydrogen-bond acceptors (Lipinski definition) is 3. The SMILES string of the molecule is Cc1cccc(F)c1NCc1cccc(/C(N)=N/O)c1F. The first-order valence-corrected chi connectivity index (χ1v) is 6.29. The second kappa shape index (κ2) is 6.21. The van der Waals surface area contributed by atoms with Crippen LogP contribution in [-0.4, -0.2) is 11.0 Å². The molecule has 0 spiro atoms. The van der Waals surface area contributed by atoms with Gasteiger partial charge in [-0.1, -0.05) is 29.4 Å². The Bertz CT molecular complexity index is 666. The van der Waals surface area contributed by atoms with E-state index in [2.05, 4.69) is 10.5 Å². The minimum Gasteiger partial charge on any atom is -0.409 e. The summed E-state index contributed by atoms with van der Waals surface area (Å²) in [7, 11) is 0. The standard InChI is InChI=1S/C15H15F2N3O/c1-9-4-2-7-12(16)14(9)19-8-10-5-3-6-11(13(10)17)15(18)20-21/h2-7,19,21H,8H2,1H3,(H2,18,20). The molecule has 6 heteroatoms. The highest BCUT2D eigenvalue weighted by Crippen LogP contribution is 2.21. The Kier molecular flexibility index (Phi) is 4.37. The normalized spacial score (nSPS) is 11.5. The smallest absolute Gasteiger partial charge is 0.173 e. The number of rotatable bonds is 4. The van der Waals surface area contributed by atoms with Crippen LogP contribution in [0.3, 0.4) is 0 Å². The number of aryl methyl sites for hydroxylation is 1. The van der Waals surface area contributed by atoms with E-state index in [9.17, 15) is 8.78 Å². The summed E-state index contributed by atoms with van der Waals surface area (Å²) < 4.78 is 27.9. The molecule has 0 aliphatic heterocycles. The van der Waals surface area contributed by atoms with Crippen molar-refractivity contribution in [2.24, 2.45) is 10.9 Å². The van der Waals surface area contributed by atoms with E-state index in [4.69, 9.17) is 10.9 Å². The lowest BCUT2D eigenvalue weighted by Gasteiger charge is -2.12. The average molecular weight is 291 g/mol. The van der Waals surface area contributed by atoms with Gasteiger partial charge in [0.05, 0.1) is 11.3 Å². The van der Waals surface area contributed by atoms with Gasteiger partial charge in [-0.3, -0.25) is 0 Å². The molecule has 2 rings (SSSR count). The van der Waals surface area contributed by atoms with Crippen LogP contribution in [0.1, 0.15) is 16.7 Å². The van der Waals surface area contributed by atoms with Crippen molar-refractivity contribution in [1.29, 1.82) is 0 Å². The Balaban J connectivity index is 2.25. The van der Waals surface area contributed by atoms with Crippen molar-refractivity contribution in [3.8, 4) is 0 Å². The van der Waals surface area contributed by atoms with Gasteiger partial charge >= 0.3 is 0 Å². The van der Waals surface area contributed by atoms with E-state index >= 15 is 0 Å².